The molecule has 2 aromatic rings. The molecule has 0 aliphatic heterocycles. The zero-order valence-electron chi connectivity index (χ0n) is 14.3. The SMILES string of the molecule is Cc1[nH]nc2ccc3c(c12)CCC1C3[C@@H](F)C[C@@]2(C)C1CC[C@@H]2O. The average Bonchev–Trinajstić information content (AvgIpc) is 3.08. The number of aromatic amines is 1. The van der Waals surface area contributed by atoms with Gasteiger partial charge in [-0.1, -0.05) is 13.0 Å². The van der Waals surface area contributed by atoms with E-state index in [0.717, 1.165) is 36.9 Å². The second-order valence-corrected chi connectivity index (χ2v) is 8.53. The molecule has 5 rings (SSSR count). The van der Waals surface area contributed by atoms with Crippen LogP contribution >= 0.6 is 0 Å². The minimum atomic E-state index is -0.854. The van der Waals surface area contributed by atoms with Crippen molar-refractivity contribution in [2.24, 2.45) is 17.3 Å². The lowest BCUT2D eigenvalue weighted by Gasteiger charge is -2.51. The van der Waals surface area contributed by atoms with Gasteiger partial charge in [0.15, 0.2) is 0 Å². The molecule has 128 valence electrons. The third-order valence-corrected chi connectivity index (χ3v) is 7.49. The predicted molar refractivity (Wildman–Crippen MR) is 91.7 cm³/mol. The van der Waals surface area contributed by atoms with Crippen molar-refractivity contribution in [2.75, 3.05) is 0 Å². The largest absolute Gasteiger partial charge is 0.393 e. The molecule has 0 bridgehead atoms. The number of hydrogen-bond donors (Lipinski definition) is 2. The molecule has 1 aromatic heterocycles. The van der Waals surface area contributed by atoms with Crippen molar-refractivity contribution in [1.29, 1.82) is 0 Å². The minimum Gasteiger partial charge on any atom is -0.393 e. The normalized spacial score (nSPS) is 41.1. The number of aliphatic hydroxyl groups is 1. The van der Waals surface area contributed by atoms with Crippen molar-refractivity contribution in [3.8, 4) is 0 Å². The highest BCUT2D eigenvalue weighted by atomic mass is 19.1. The number of rotatable bonds is 0. The standard InChI is InChI=1S/C20H25FN2O/c1-10-18-11-3-4-13-14-6-8-17(24)20(14,2)9-15(21)19(13)12(11)5-7-16(18)23-22-10/h5,7,13-15,17,19,24H,3-4,6,8-9H2,1-2H3,(H,22,23)/t13?,14?,15-,17-,19?,20-/m0/s1. The fourth-order valence-electron chi connectivity index (χ4n) is 6.36. The molecule has 0 spiro atoms. The molecule has 0 saturated heterocycles. The van der Waals surface area contributed by atoms with E-state index in [9.17, 15) is 5.11 Å². The van der Waals surface area contributed by atoms with Crippen molar-refractivity contribution in [1.82, 2.24) is 10.2 Å². The molecule has 1 aromatic carbocycles. The van der Waals surface area contributed by atoms with Gasteiger partial charge in [-0.25, -0.2) is 4.39 Å². The van der Waals surface area contributed by atoms with Gasteiger partial charge in [0.25, 0.3) is 0 Å². The number of benzene rings is 1. The third kappa shape index (κ3) is 1.73. The van der Waals surface area contributed by atoms with Gasteiger partial charge in [0.2, 0.25) is 0 Å². The summed E-state index contributed by atoms with van der Waals surface area (Å²) in [4.78, 5) is 0. The molecule has 4 heteroatoms. The molecule has 3 unspecified atom stereocenters. The summed E-state index contributed by atoms with van der Waals surface area (Å²) in [7, 11) is 0. The predicted octanol–water partition coefficient (Wildman–Crippen LogP) is 4.04. The number of aromatic nitrogens is 2. The Kier molecular flexibility index (Phi) is 2.98. The Balaban J connectivity index is 1.65. The van der Waals surface area contributed by atoms with Crippen LogP contribution in [0, 0.1) is 24.2 Å². The van der Waals surface area contributed by atoms with E-state index in [2.05, 4.69) is 30.1 Å². The lowest BCUT2D eigenvalue weighted by atomic mass is 9.54. The highest BCUT2D eigenvalue weighted by Gasteiger charge is 2.58. The van der Waals surface area contributed by atoms with Crippen molar-refractivity contribution < 1.29 is 9.50 Å². The van der Waals surface area contributed by atoms with Crippen LogP contribution in [0.4, 0.5) is 4.39 Å². The number of fused-ring (bicyclic) bond motifs is 7. The summed E-state index contributed by atoms with van der Waals surface area (Å²) in [6.07, 6.45) is 3.24. The van der Waals surface area contributed by atoms with E-state index in [1.165, 1.54) is 16.5 Å². The smallest absolute Gasteiger partial charge is 0.108 e. The van der Waals surface area contributed by atoms with Crippen LogP contribution in [-0.2, 0) is 6.42 Å². The quantitative estimate of drug-likeness (QED) is 0.767. The summed E-state index contributed by atoms with van der Waals surface area (Å²) in [6.45, 7) is 4.18. The van der Waals surface area contributed by atoms with Crippen LogP contribution in [-0.4, -0.2) is 27.6 Å². The highest BCUT2D eigenvalue weighted by Crippen LogP contribution is 2.61. The summed E-state index contributed by atoms with van der Waals surface area (Å²) >= 11 is 0. The first-order valence-electron chi connectivity index (χ1n) is 9.29. The van der Waals surface area contributed by atoms with Crippen molar-refractivity contribution in [3.63, 3.8) is 0 Å². The minimum absolute atomic E-state index is 0.00387. The van der Waals surface area contributed by atoms with Gasteiger partial charge in [-0.3, -0.25) is 5.10 Å². The maximum Gasteiger partial charge on any atom is 0.108 e. The highest BCUT2D eigenvalue weighted by molar-refractivity contribution is 5.86. The molecular formula is C20H25FN2O. The number of alkyl halides is 1. The summed E-state index contributed by atoms with van der Waals surface area (Å²) in [5.74, 6) is 0.822. The summed E-state index contributed by atoms with van der Waals surface area (Å²) < 4.78 is 15.3. The Hall–Kier alpha value is -1.42. The Labute approximate surface area is 141 Å². The second-order valence-electron chi connectivity index (χ2n) is 8.53. The lowest BCUT2D eigenvalue weighted by Crippen LogP contribution is -2.48. The maximum atomic E-state index is 15.3. The molecule has 0 radical (unpaired) electrons. The van der Waals surface area contributed by atoms with Crippen LogP contribution in [0.3, 0.4) is 0 Å². The maximum absolute atomic E-state index is 15.3. The topological polar surface area (TPSA) is 48.9 Å². The van der Waals surface area contributed by atoms with Crippen LogP contribution in [0.2, 0.25) is 0 Å². The number of aliphatic hydroxyl groups excluding tert-OH is 1. The first kappa shape index (κ1) is 14.9. The van der Waals surface area contributed by atoms with E-state index in [1.54, 1.807) is 0 Å². The van der Waals surface area contributed by atoms with Crippen LogP contribution in [0.25, 0.3) is 10.9 Å². The fraction of sp³-hybridized carbons (Fsp3) is 0.650. The number of nitrogens with zero attached hydrogens (tertiary/aromatic N) is 1. The molecule has 2 N–H and O–H groups in total. The Morgan fingerprint density at radius 3 is 2.96 bits per heavy atom. The van der Waals surface area contributed by atoms with Crippen molar-refractivity contribution in [2.45, 2.75) is 64.1 Å². The van der Waals surface area contributed by atoms with E-state index < -0.39 is 6.17 Å². The van der Waals surface area contributed by atoms with Crippen LogP contribution in [0.1, 0.15) is 55.3 Å². The molecule has 6 atom stereocenters. The number of aryl methyl sites for hydroxylation is 2. The van der Waals surface area contributed by atoms with Crippen molar-refractivity contribution in [3.05, 3.63) is 29.0 Å². The number of H-pyrrole nitrogens is 1. The summed E-state index contributed by atoms with van der Waals surface area (Å²) in [5.41, 5.74) is 4.38. The van der Waals surface area contributed by atoms with Gasteiger partial charge >= 0.3 is 0 Å². The van der Waals surface area contributed by atoms with Gasteiger partial charge in [-0.05, 0) is 73.5 Å². The molecule has 3 nitrogen and oxygen atoms in total. The molecule has 0 amide bonds. The van der Waals surface area contributed by atoms with Gasteiger partial charge in [-0.2, -0.15) is 5.10 Å². The number of nitrogens with one attached hydrogen (secondary N) is 1. The van der Waals surface area contributed by atoms with E-state index >= 15 is 4.39 Å². The van der Waals surface area contributed by atoms with E-state index in [-0.39, 0.29) is 17.4 Å². The first-order valence-corrected chi connectivity index (χ1v) is 9.29. The monoisotopic (exact) mass is 328 g/mol. The Morgan fingerprint density at radius 2 is 2.12 bits per heavy atom. The van der Waals surface area contributed by atoms with Gasteiger partial charge < -0.3 is 5.11 Å². The zero-order valence-corrected chi connectivity index (χ0v) is 14.3. The molecule has 24 heavy (non-hydrogen) atoms. The summed E-state index contributed by atoms with van der Waals surface area (Å²) in [5, 5.41) is 19.1. The number of hydrogen-bond acceptors (Lipinski definition) is 2. The second kappa shape index (κ2) is 4.81. The van der Waals surface area contributed by atoms with Gasteiger partial charge in [0.1, 0.15) is 6.17 Å². The Bertz CT molecular complexity index is 815. The van der Waals surface area contributed by atoms with Gasteiger partial charge in [0, 0.05) is 17.0 Å². The molecule has 2 fully saturated rings. The van der Waals surface area contributed by atoms with Crippen LogP contribution < -0.4 is 0 Å². The van der Waals surface area contributed by atoms with Gasteiger partial charge in [-0.15, -0.1) is 0 Å². The molecular weight excluding hydrogens is 303 g/mol. The first-order chi connectivity index (χ1) is 11.5. The van der Waals surface area contributed by atoms with E-state index in [4.69, 9.17) is 0 Å². The lowest BCUT2D eigenvalue weighted by molar-refractivity contribution is -0.0558. The van der Waals surface area contributed by atoms with Crippen LogP contribution in [0.5, 0.6) is 0 Å². The summed E-state index contributed by atoms with van der Waals surface area (Å²) in [6, 6.07) is 4.17. The molecule has 3 aliphatic rings. The fourth-order valence-corrected chi connectivity index (χ4v) is 6.36. The Morgan fingerprint density at radius 1 is 1.29 bits per heavy atom. The van der Waals surface area contributed by atoms with E-state index in [0.29, 0.717) is 18.3 Å². The zero-order chi connectivity index (χ0) is 16.6. The van der Waals surface area contributed by atoms with Crippen LogP contribution in [0.15, 0.2) is 12.1 Å². The molecule has 2 saturated carbocycles. The van der Waals surface area contributed by atoms with E-state index in [1.807, 2.05) is 6.07 Å². The molecule has 3 aliphatic carbocycles. The van der Waals surface area contributed by atoms with Crippen molar-refractivity contribution >= 4 is 10.9 Å². The van der Waals surface area contributed by atoms with Gasteiger partial charge in [0.05, 0.1) is 11.6 Å². The average molecular weight is 328 g/mol. The number of halogens is 1. The molecule has 1 heterocycles. The third-order valence-electron chi connectivity index (χ3n) is 7.49.